The number of nitrogen functional groups attached to an aromatic ring is 2. The number of hydrogen-bond donors (Lipinski definition) is 2. The predicted octanol–water partition coefficient (Wildman–Crippen LogP) is 5.05. The van der Waals surface area contributed by atoms with E-state index >= 15 is 0 Å². The SMILES string of the molecule is COC(=O)c1cnn(C)c1N=Nc1c(C(C)(C)C)nn(-c2nc(OC)nc(-n3nc(C(C)(C)C)c(N=Nc4c(C(=O)OC(C)(C)C)cnn4C)c3N)n2)c1N. The monoisotopic (exact) mass is 759 g/mol. The van der Waals surface area contributed by atoms with Gasteiger partial charge >= 0.3 is 17.9 Å². The lowest BCUT2D eigenvalue weighted by Crippen LogP contribution is -2.23. The Morgan fingerprint density at radius 1 is 0.655 bits per heavy atom. The van der Waals surface area contributed by atoms with E-state index in [0.29, 0.717) is 11.4 Å². The number of aryl methyl sites for hydroxylation is 2. The first-order chi connectivity index (χ1) is 25.5. The van der Waals surface area contributed by atoms with E-state index in [1.807, 2.05) is 41.5 Å². The van der Waals surface area contributed by atoms with Gasteiger partial charge in [0.15, 0.2) is 34.6 Å². The molecule has 292 valence electrons. The van der Waals surface area contributed by atoms with Crippen molar-refractivity contribution in [2.24, 2.45) is 34.6 Å². The zero-order valence-electron chi connectivity index (χ0n) is 33.1. The van der Waals surface area contributed by atoms with Crippen LogP contribution in [0.5, 0.6) is 6.01 Å². The Kier molecular flexibility index (Phi) is 10.3. The smallest absolute Gasteiger partial charge is 0.344 e. The van der Waals surface area contributed by atoms with Crippen molar-refractivity contribution in [2.75, 3.05) is 25.7 Å². The molecule has 0 aliphatic rings. The number of ether oxygens (including phenoxy) is 3. The first kappa shape index (κ1) is 39.6. The van der Waals surface area contributed by atoms with Crippen LogP contribution in [0, 0.1) is 0 Å². The quantitative estimate of drug-likeness (QED) is 0.147. The van der Waals surface area contributed by atoms with Gasteiger partial charge < -0.3 is 25.7 Å². The van der Waals surface area contributed by atoms with Crippen molar-refractivity contribution >= 4 is 46.6 Å². The number of carbonyl (C=O) groups excluding carboxylic acids is 2. The summed E-state index contributed by atoms with van der Waals surface area (Å²) in [6, 6.07) is -0.111. The third kappa shape index (κ3) is 8.01. The van der Waals surface area contributed by atoms with Gasteiger partial charge in [0.25, 0.3) is 11.9 Å². The second-order valence-corrected chi connectivity index (χ2v) is 15.3. The maximum Gasteiger partial charge on any atom is 0.344 e. The van der Waals surface area contributed by atoms with E-state index in [4.69, 9.17) is 35.9 Å². The molecule has 0 saturated carbocycles. The van der Waals surface area contributed by atoms with Gasteiger partial charge in [0.2, 0.25) is 0 Å². The van der Waals surface area contributed by atoms with Crippen LogP contribution in [-0.2, 0) is 34.4 Å². The Labute approximate surface area is 316 Å². The van der Waals surface area contributed by atoms with Crippen molar-refractivity contribution in [3.63, 3.8) is 0 Å². The molecule has 0 spiro atoms. The highest BCUT2D eigenvalue weighted by Crippen LogP contribution is 2.40. The highest BCUT2D eigenvalue weighted by Gasteiger charge is 2.31. The summed E-state index contributed by atoms with van der Waals surface area (Å²) in [5.41, 5.74) is 12.9. The average molecular weight is 760 g/mol. The van der Waals surface area contributed by atoms with Crippen LogP contribution in [-0.4, -0.2) is 85.8 Å². The normalized spacial score (nSPS) is 12.6. The first-order valence-electron chi connectivity index (χ1n) is 16.8. The van der Waals surface area contributed by atoms with Crippen molar-refractivity contribution in [3.05, 3.63) is 34.9 Å². The van der Waals surface area contributed by atoms with Crippen molar-refractivity contribution in [2.45, 2.75) is 78.7 Å². The van der Waals surface area contributed by atoms with Gasteiger partial charge in [-0.3, -0.25) is 0 Å². The fourth-order valence-electron chi connectivity index (χ4n) is 5.00. The number of carbonyl (C=O) groups is 2. The lowest BCUT2D eigenvalue weighted by atomic mass is 9.91. The number of rotatable bonds is 9. The van der Waals surface area contributed by atoms with Crippen LogP contribution >= 0.6 is 0 Å². The molecular formula is C33H45N17O5. The molecule has 0 aliphatic carbocycles. The minimum absolute atomic E-state index is 0.0183. The van der Waals surface area contributed by atoms with E-state index in [0.717, 1.165) is 0 Å². The number of methoxy groups -OCH3 is 2. The lowest BCUT2D eigenvalue weighted by Gasteiger charge is -2.19. The van der Waals surface area contributed by atoms with Gasteiger partial charge in [0.1, 0.15) is 16.7 Å². The van der Waals surface area contributed by atoms with Crippen molar-refractivity contribution in [1.29, 1.82) is 0 Å². The molecular weight excluding hydrogens is 714 g/mol. The van der Waals surface area contributed by atoms with Crippen LogP contribution in [0.25, 0.3) is 11.9 Å². The summed E-state index contributed by atoms with van der Waals surface area (Å²) in [6.07, 6.45) is 2.69. The van der Waals surface area contributed by atoms with E-state index in [-0.39, 0.29) is 63.7 Å². The predicted molar refractivity (Wildman–Crippen MR) is 198 cm³/mol. The van der Waals surface area contributed by atoms with E-state index in [1.165, 1.54) is 45.3 Å². The van der Waals surface area contributed by atoms with Crippen molar-refractivity contribution in [3.8, 4) is 17.9 Å². The van der Waals surface area contributed by atoms with Gasteiger partial charge in [-0.15, -0.1) is 20.5 Å². The van der Waals surface area contributed by atoms with Crippen LogP contribution in [0.2, 0.25) is 0 Å². The molecule has 5 rings (SSSR count). The highest BCUT2D eigenvalue weighted by atomic mass is 16.6. The lowest BCUT2D eigenvalue weighted by molar-refractivity contribution is 0.00701. The Balaban J connectivity index is 1.64. The number of azo groups is 2. The summed E-state index contributed by atoms with van der Waals surface area (Å²) in [7, 11) is 5.86. The molecule has 0 aromatic carbocycles. The van der Waals surface area contributed by atoms with Gasteiger partial charge in [-0.25, -0.2) is 19.0 Å². The molecule has 4 N–H and O–H groups in total. The molecule has 0 saturated heterocycles. The average Bonchev–Trinajstić information content (AvgIpc) is 3.84. The second kappa shape index (κ2) is 14.3. The van der Waals surface area contributed by atoms with E-state index in [1.54, 1.807) is 34.9 Å². The molecule has 55 heavy (non-hydrogen) atoms. The largest absolute Gasteiger partial charge is 0.467 e. The van der Waals surface area contributed by atoms with Gasteiger partial charge in [-0.1, -0.05) is 41.5 Å². The van der Waals surface area contributed by atoms with Gasteiger partial charge in [-0.05, 0) is 20.8 Å². The molecule has 5 aromatic rings. The summed E-state index contributed by atoms with van der Waals surface area (Å²) in [5.74, 6) is -1.04. The second-order valence-electron chi connectivity index (χ2n) is 15.3. The molecule has 0 bridgehead atoms. The maximum atomic E-state index is 13.0. The minimum Gasteiger partial charge on any atom is -0.467 e. The molecule has 0 radical (unpaired) electrons. The maximum absolute atomic E-state index is 13.0. The number of aromatic nitrogens is 11. The molecule has 0 aliphatic heterocycles. The summed E-state index contributed by atoms with van der Waals surface area (Å²) in [5, 5.41) is 35.3. The Hall–Kier alpha value is -6.61. The van der Waals surface area contributed by atoms with Crippen molar-refractivity contribution < 1.29 is 23.8 Å². The number of hydrogen-bond acceptors (Lipinski definition) is 18. The van der Waals surface area contributed by atoms with Crippen LogP contribution in [0.1, 0.15) is 94.4 Å². The molecule has 22 heteroatoms. The third-order valence-electron chi connectivity index (χ3n) is 7.69. The number of nitrogens with two attached hydrogens (primary N) is 2. The van der Waals surface area contributed by atoms with Crippen LogP contribution in [0.15, 0.2) is 32.9 Å². The number of esters is 2. The van der Waals surface area contributed by atoms with E-state index < -0.39 is 28.4 Å². The summed E-state index contributed by atoms with van der Waals surface area (Å²) >= 11 is 0. The zero-order chi connectivity index (χ0) is 40.8. The zero-order valence-corrected chi connectivity index (χ0v) is 33.1. The molecule has 0 fully saturated rings. The van der Waals surface area contributed by atoms with Gasteiger partial charge in [0.05, 0.1) is 38.0 Å². The van der Waals surface area contributed by atoms with Crippen LogP contribution < -0.4 is 16.2 Å². The van der Waals surface area contributed by atoms with Crippen molar-refractivity contribution in [1.82, 2.24) is 54.1 Å². The molecule has 0 unspecified atom stereocenters. The van der Waals surface area contributed by atoms with E-state index in [2.05, 4.69) is 45.6 Å². The fraction of sp³-hybridized carbons (Fsp3) is 0.485. The summed E-state index contributed by atoms with van der Waals surface area (Å²) in [4.78, 5) is 38.7. The molecule has 5 aromatic heterocycles. The summed E-state index contributed by atoms with van der Waals surface area (Å²) < 4.78 is 21.1. The fourth-order valence-corrected chi connectivity index (χ4v) is 5.00. The Bertz CT molecular complexity index is 2320. The van der Waals surface area contributed by atoms with Crippen LogP contribution in [0.4, 0.5) is 34.6 Å². The Morgan fingerprint density at radius 2 is 1.07 bits per heavy atom. The Morgan fingerprint density at radius 3 is 1.44 bits per heavy atom. The number of nitrogens with zero attached hydrogens (tertiary/aromatic N) is 15. The topological polar surface area (TPSA) is 273 Å². The van der Waals surface area contributed by atoms with Gasteiger partial charge in [0, 0.05) is 24.9 Å². The number of anilines is 2. The molecule has 0 atom stereocenters. The van der Waals surface area contributed by atoms with Gasteiger partial charge in [-0.2, -0.15) is 44.7 Å². The minimum atomic E-state index is -0.743. The third-order valence-corrected chi connectivity index (χ3v) is 7.69. The molecule has 22 nitrogen and oxygen atoms in total. The van der Waals surface area contributed by atoms with E-state index in [9.17, 15) is 9.59 Å². The summed E-state index contributed by atoms with van der Waals surface area (Å²) in [6.45, 7) is 16.8. The molecule has 0 amide bonds. The highest BCUT2D eigenvalue weighted by molar-refractivity contribution is 5.94. The standard InChI is InChI=1S/C33H45N17O5/c1-31(2,3)20-18(41-43-24-16(26(51)53-12)14-36-47(24)10)22(34)49(45-20)28-38-29(40-30(39-28)54-13)50-23(35)19(21(46-50)32(4,5)6)42-44-25-17(15-37-48(25)11)27(52)55-33(7,8)9/h14-15H,34-35H2,1-13H3. The first-order valence-corrected chi connectivity index (χ1v) is 16.8. The van der Waals surface area contributed by atoms with Crippen LogP contribution in [0.3, 0.4) is 0 Å². The molecule has 5 heterocycles.